The highest BCUT2D eigenvalue weighted by molar-refractivity contribution is 8.30. The van der Waals surface area contributed by atoms with Gasteiger partial charge in [0.1, 0.15) is 18.1 Å². The highest BCUT2D eigenvalue weighted by Crippen LogP contribution is 2.57. The summed E-state index contributed by atoms with van der Waals surface area (Å²) in [6, 6.07) is 6.71. The summed E-state index contributed by atoms with van der Waals surface area (Å²) in [5.41, 5.74) is 5.16. The Labute approximate surface area is 208 Å². The highest BCUT2D eigenvalue weighted by Gasteiger charge is 2.33. The van der Waals surface area contributed by atoms with Gasteiger partial charge in [-0.3, -0.25) is 14.6 Å². The van der Waals surface area contributed by atoms with Crippen LogP contribution in [0.4, 0.5) is 15.8 Å². The zero-order valence-corrected chi connectivity index (χ0v) is 22.7. The van der Waals surface area contributed by atoms with Crippen LogP contribution in [0.15, 0.2) is 36.7 Å². The molecule has 2 atom stereocenters. The molecule has 0 bridgehead atoms. The van der Waals surface area contributed by atoms with E-state index in [1.54, 1.807) is 36.1 Å². The van der Waals surface area contributed by atoms with E-state index in [0.29, 0.717) is 16.8 Å². The zero-order chi connectivity index (χ0) is 26.0. The summed E-state index contributed by atoms with van der Waals surface area (Å²) in [6.07, 6.45) is 5.27. The largest absolute Gasteiger partial charge is 0.351 e. The number of hydroxylamine groups is 1. The molecule has 35 heavy (non-hydrogen) atoms. The fourth-order valence-electron chi connectivity index (χ4n) is 3.85. The van der Waals surface area contributed by atoms with Gasteiger partial charge < -0.3 is 14.1 Å². The van der Waals surface area contributed by atoms with Gasteiger partial charge in [-0.2, -0.15) is 0 Å². The van der Waals surface area contributed by atoms with Gasteiger partial charge in [0.05, 0.1) is 23.0 Å². The molecule has 1 unspecified atom stereocenters. The van der Waals surface area contributed by atoms with E-state index in [4.69, 9.17) is 9.02 Å². The first-order valence-electron chi connectivity index (χ1n) is 11.7. The molecule has 2 N–H and O–H groups in total. The topological polar surface area (TPSA) is 77.4 Å². The number of aryl methyl sites for hydroxylation is 2. The van der Waals surface area contributed by atoms with Crippen LogP contribution in [0.2, 0.25) is 0 Å². The van der Waals surface area contributed by atoms with Gasteiger partial charge in [0.25, 0.3) is 5.91 Å². The summed E-state index contributed by atoms with van der Waals surface area (Å²) in [4.78, 5) is 23.0. The molecule has 1 aromatic carbocycles. The number of hydrogen-bond acceptors (Lipinski definition) is 5. The lowest BCUT2D eigenvalue weighted by atomic mass is 10.2. The van der Waals surface area contributed by atoms with Crippen LogP contribution in [0, 0.1) is 12.7 Å². The van der Waals surface area contributed by atoms with Crippen LogP contribution in [0.1, 0.15) is 50.7 Å². The minimum atomic E-state index is -1.32. The van der Waals surface area contributed by atoms with Gasteiger partial charge in [0, 0.05) is 29.6 Å². The van der Waals surface area contributed by atoms with Crippen molar-refractivity contribution in [1.29, 1.82) is 0 Å². The molecule has 3 rings (SSSR count). The average Bonchev–Trinajstić information content (AvgIpc) is 3.06. The lowest BCUT2D eigenvalue weighted by Crippen LogP contribution is -2.34. The summed E-state index contributed by atoms with van der Waals surface area (Å²) in [5.74, 6) is 0.0778. The van der Waals surface area contributed by atoms with Gasteiger partial charge in [-0.1, -0.05) is 33.8 Å². The fraction of sp³-hybridized carbons (Fsp3) is 0.462. The van der Waals surface area contributed by atoms with Gasteiger partial charge in [-0.25, -0.2) is 9.87 Å². The molecule has 2 heterocycles. The number of anilines is 2. The van der Waals surface area contributed by atoms with Crippen LogP contribution in [-0.4, -0.2) is 44.9 Å². The second-order valence-electron chi connectivity index (χ2n) is 9.84. The first-order valence-corrected chi connectivity index (χ1v) is 13.8. The van der Waals surface area contributed by atoms with E-state index in [2.05, 4.69) is 49.7 Å². The normalized spacial score (nSPS) is 15.5. The number of nitrogens with zero attached hydrogens (tertiary/aromatic N) is 2. The number of fused-ring (bicyclic) bond motifs is 1. The number of carbonyl (C=O) groups is 1. The van der Waals surface area contributed by atoms with Crippen molar-refractivity contribution in [2.45, 2.75) is 52.4 Å². The standard InChI is InChI=1S/C26H37FN4O3S/c1-9-35(8,26(4,5)6)34-18(3)16-33-30-25(32)24-23(19-15-28-13-12-22(19)31(24)7)29-21-11-10-17(2)14-20(21)27/h10-15,18,29H,9,16H2,1-8H3,(H,30,32)/t18-/m0/s1. The third kappa shape index (κ3) is 5.79. The molecule has 0 radical (unpaired) electrons. The average molecular weight is 505 g/mol. The summed E-state index contributed by atoms with van der Waals surface area (Å²) in [6.45, 7) is 12.6. The summed E-state index contributed by atoms with van der Waals surface area (Å²) in [7, 11) is 0.460. The van der Waals surface area contributed by atoms with Crippen LogP contribution < -0.4 is 10.8 Å². The molecule has 3 aromatic rings. The number of benzene rings is 1. The van der Waals surface area contributed by atoms with E-state index in [0.717, 1.165) is 16.8 Å². The van der Waals surface area contributed by atoms with E-state index in [1.165, 1.54) is 6.07 Å². The first-order chi connectivity index (χ1) is 16.4. The van der Waals surface area contributed by atoms with Crippen LogP contribution >= 0.6 is 10.3 Å². The Morgan fingerprint density at radius 3 is 2.63 bits per heavy atom. The van der Waals surface area contributed by atoms with Gasteiger partial charge >= 0.3 is 0 Å². The van der Waals surface area contributed by atoms with E-state index in [-0.39, 0.29) is 23.1 Å². The second kappa shape index (κ2) is 10.6. The van der Waals surface area contributed by atoms with Crippen LogP contribution in [0.25, 0.3) is 10.9 Å². The molecule has 0 aliphatic rings. The highest BCUT2D eigenvalue weighted by atomic mass is 32.3. The molecular weight excluding hydrogens is 467 g/mol. The third-order valence-electron chi connectivity index (χ3n) is 6.31. The van der Waals surface area contributed by atoms with Crippen molar-refractivity contribution in [2.75, 3.05) is 23.9 Å². The smallest absolute Gasteiger partial charge is 0.293 e. The van der Waals surface area contributed by atoms with Crippen molar-refractivity contribution in [3.8, 4) is 0 Å². The molecule has 1 amide bonds. The SMILES string of the molecule is CCS(C)(O[C@@H](C)CONC(=O)c1c(Nc2ccc(C)cc2F)c2cnccc2n1C)C(C)(C)C. The number of pyridine rings is 1. The van der Waals surface area contributed by atoms with Gasteiger partial charge in [0.15, 0.2) is 0 Å². The van der Waals surface area contributed by atoms with Crippen molar-refractivity contribution < 1.29 is 18.2 Å². The molecule has 0 aliphatic carbocycles. The first kappa shape index (κ1) is 27.0. The number of nitrogens with one attached hydrogen (secondary N) is 2. The number of aromatic nitrogens is 2. The summed E-state index contributed by atoms with van der Waals surface area (Å²) >= 11 is 0. The van der Waals surface area contributed by atoms with E-state index < -0.39 is 22.0 Å². The zero-order valence-electron chi connectivity index (χ0n) is 21.9. The molecule has 192 valence electrons. The van der Waals surface area contributed by atoms with E-state index in [1.807, 2.05) is 19.9 Å². The molecular formula is C26H37FN4O3S. The quantitative estimate of drug-likeness (QED) is 0.350. The van der Waals surface area contributed by atoms with Crippen molar-refractivity contribution in [3.05, 3.63) is 53.7 Å². The lowest BCUT2D eigenvalue weighted by molar-refractivity contribution is 0.00206. The Bertz CT molecular complexity index is 1210. The predicted octanol–water partition coefficient (Wildman–Crippen LogP) is 6.00. The third-order valence-corrected chi connectivity index (χ3v) is 10.8. The van der Waals surface area contributed by atoms with E-state index in [9.17, 15) is 9.18 Å². The Morgan fingerprint density at radius 1 is 1.29 bits per heavy atom. The lowest BCUT2D eigenvalue weighted by Gasteiger charge is -2.47. The van der Waals surface area contributed by atoms with Crippen molar-refractivity contribution in [1.82, 2.24) is 15.0 Å². The van der Waals surface area contributed by atoms with Gasteiger partial charge in [-0.05, 0) is 49.6 Å². The van der Waals surface area contributed by atoms with Crippen LogP contribution in [0.5, 0.6) is 0 Å². The number of halogens is 1. The molecule has 2 aromatic heterocycles. The Morgan fingerprint density at radius 2 is 2.00 bits per heavy atom. The molecule has 0 fully saturated rings. The molecule has 0 aliphatic heterocycles. The van der Waals surface area contributed by atoms with Crippen molar-refractivity contribution >= 4 is 38.5 Å². The fourth-order valence-corrected chi connectivity index (χ4v) is 5.92. The van der Waals surface area contributed by atoms with Crippen molar-refractivity contribution in [2.24, 2.45) is 7.05 Å². The minimum Gasteiger partial charge on any atom is -0.351 e. The minimum absolute atomic E-state index is 0.0300. The molecule has 0 spiro atoms. The molecule has 9 heteroatoms. The summed E-state index contributed by atoms with van der Waals surface area (Å²) in [5, 5.41) is 3.79. The Kier molecular flexibility index (Phi) is 8.14. The monoisotopic (exact) mass is 504 g/mol. The maximum Gasteiger partial charge on any atom is 0.293 e. The Balaban J connectivity index is 1.79. The van der Waals surface area contributed by atoms with Gasteiger partial charge in [-0.15, -0.1) is 10.3 Å². The van der Waals surface area contributed by atoms with Crippen LogP contribution in [0.3, 0.4) is 0 Å². The maximum atomic E-state index is 14.6. The maximum absolute atomic E-state index is 14.6. The molecule has 7 nitrogen and oxygen atoms in total. The van der Waals surface area contributed by atoms with Crippen LogP contribution in [-0.2, 0) is 16.1 Å². The van der Waals surface area contributed by atoms with Crippen molar-refractivity contribution in [3.63, 3.8) is 0 Å². The molecule has 0 saturated carbocycles. The van der Waals surface area contributed by atoms with Gasteiger partial charge in [0.2, 0.25) is 0 Å². The summed E-state index contributed by atoms with van der Waals surface area (Å²) < 4.78 is 22.7. The number of amides is 1. The second-order valence-corrected chi connectivity index (χ2v) is 13.8. The number of hydrogen-bond donors (Lipinski definition) is 2. The predicted molar refractivity (Wildman–Crippen MR) is 143 cm³/mol. The molecule has 0 saturated heterocycles. The number of rotatable bonds is 9. The van der Waals surface area contributed by atoms with E-state index >= 15 is 0 Å². The Hall–Kier alpha value is -2.62. The number of carbonyl (C=O) groups excluding carboxylic acids is 1.